The van der Waals surface area contributed by atoms with Gasteiger partial charge in [0, 0.05) is 39.9 Å². The molecule has 0 radical (unpaired) electrons. The molecule has 206 valence electrons. The lowest BCUT2D eigenvalue weighted by atomic mass is 9.77. The Bertz CT molecular complexity index is 1860. The van der Waals surface area contributed by atoms with Crippen molar-refractivity contribution in [3.05, 3.63) is 137 Å². The molecule has 4 aromatic carbocycles. The standard InChI is InChI=1S/C33H21NO6S2/c1-37-20-13-15-25-27(18-20)39-28-19-21(14-16-26(28)33(25)24-10-4-2-8-22(24)32(36)40-33)38-31(35)23-9-3-5-11-29(23)41-42-30-12-6-7-17-34-30/h2-19H,1H3/t33-/m1/s1. The van der Waals surface area contributed by atoms with Crippen molar-refractivity contribution in [1.29, 1.82) is 0 Å². The molecule has 2 aliphatic heterocycles. The summed E-state index contributed by atoms with van der Waals surface area (Å²) in [5.41, 5.74) is 1.70. The van der Waals surface area contributed by atoms with Crippen molar-refractivity contribution < 1.29 is 28.5 Å². The minimum absolute atomic E-state index is 0.287. The average molecular weight is 592 g/mol. The Labute approximate surface area is 249 Å². The summed E-state index contributed by atoms with van der Waals surface area (Å²) in [6, 6.07) is 30.8. The second-order valence-corrected chi connectivity index (χ2v) is 11.7. The maximum absolute atomic E-state index is 13.4. The zero-order valence-electron chi connectivity index (χ0n) is 22.1. The number of methoxy groups -OCH3 is 1. The number of nitrogens with zero attached hydrogens (tertiary/aromatic N) is 1. The third-order valence-corrected chi connectivity index (χ3v) is 9.40. The van der Waals surface area contributed by atoms with Gasteiger partial charge >= 0.3 is 11.9 Å². The van der Waals surface area contributed by atoms with Gasteiger partial charge in [-0.15, -0.1) is 0 Å². The maximum Gasteiger partial charge on any atom is 0.344 e. The largest absolute Gasteiger partial charge is 0.497 e. The summed E-state index contributed by atoms with van der Waals surface area (Å²) >= 11 is 0. The molecule has 0 unspecified atom stereocenters. The van der Waals surface area contributed by atoms with Crippen LogP contribution < -0.4 is 14.2 Å². The van der Waals surface area contributed by atoms with E-state index in [4.69, 9.17) is 18.9 Å². The van der Waals surface area contributed by atoms with E-state index in [1.165, 1.54) is 21.6 Å². The summed E-state index contributed by atoms with van der Waals surface area (Å²) in [6.45, 7) is 0. The minimum Gasteiger partial charge on any atom is -0.497 e. The highest BCUT2D eigenvalue weighted by Crippen LogP contribution is 2.57. The van der Waals surface area contributed by atoms with E-state index in [1.54, 1.807) is 61.8 Å². The van der Waals surface area contributed by atoms with Crippen LogP contribution in [-0.2, 0) is 10.3 Å². The molecule has 7 nitrogen and oxygen atoms in total. The lowest BCUT2D eigenvalue weighted by Crippen LogP contribution is -2.33. The van der Waals surface area contributed by atoms with E-state index >= 15 is 0 Å². The number of fused-ring (bicyclic) bond motifs is 6. The summed E-state index contributed by atoms with van der Waals surface area (Å²) in [6.07, 6.45) is 1.73. The summed E-state index contributed by atoms with van der Waals surface area (Å²) in [5, 5.41) is 0.831. The number of aromatic nitrogens is 1. The van der Waals surface area contributed by atoms with Crippen molar-refractivity contribution in [2.24, 2.45) is 0 Å². The van der Waals surface area contributed by atoms with E-state index in [1.807, 2.05) is 54.6 Å². The highest BCUT2D eigenvalue weighted by molar-refractivity contribution is 8.76. The van der Waals surface area contributed by atoms with Crippen molar-refractivity contribution >= 4 is 33.5 Å². The van der Waals surface area contributed by atoms with E-state index in [0.29, 0.717) is 45.1 Å². The summed E-state index contributed by atoms with van der Waals surface area (Å²) < 4.78 is 23.8. The van der Waals surface area contributed by atoms with Crippen molar-refractivity contribution in [2.75, 3.05) is 7.11 Å². The molecule has 3 heterocycles. The maximum atomic E-state index is 13.4. The van der Waals surface area contributed by atoms with Crippen LogP contribution in [0.2, 0.25) is 0 Å². The molecular formula is C33H21NO6S2. The van der Waals surface area contributed by atoms with Crippen LogP contribution in [0.1, 0.15) is 37.4 Å². The zero-order valence-corrected chi connectivity index (χ0v) is 23.7. The molecule has 0 amide bonds. The molecule has 2 aliphatic rings. The van der Waals surface area contributed by atoms with Gasteiger partial charge in [-0.3, -0.25) is 0 Å². The van der Waals surface area contributed by atoms with E-state index in [0.717, 1.165) is 9.92 Å². The van der Waals surface area contributed by atoms with Gasteiger partial charge in [-0.05, 0) is 65.4 Å². The highest BCUT2D eigenvalue weighted by Gasteiger charge is 2.53. The summed E-state index contributed by atoms with van der Waals surface area (Å²) in [7, 11) is 4.46. The van der Waals surface area contributed by atoms with Crippen LogP contribution in [0.15, 0.2) is 119 Å². The molecule has 5 aromatic rings. The molecule has 0 saturated carbocycles. The first-order chi connectivity index (χ1) is 20.6. The third-order valence-electron chi connectivity index (χ3n) is 7.06. The number of carbonyl (C=O) groups is 2. The van der Waals surface area contributed by atoms with E-state index in [-0.39, 0.29) is 5.75 Å². The SMILES string of the molecule is COc1ccc2c(c1)Oc1cc(OC(=O)c3ccccc3SSc3ccccn3)ccc1[C@]21OC(=O)c2ccccc21. The Balaban J connectivity index is 1.24. The number of esters is 2. The highest BCUT2D eigenvalue weighted by atomic mass is 33.1. The van der Waals surface area contributed by atoms with Crippen molar-refractivity contribution in [3.8, 4) is 23.0 Å². The quantitative estimate of drug-likeness (QED) is 0.112. The number of benzene rings is 4. The third kappa shape index (κ3) is 4.38. The topological polar surface area (TPSA) is 84.0 Å². The Kier molecular flexibility index (Phi) is 6.60. The second kappa shape index (κ2) is 10.6. The Morgan fingerprint density at radius 1 is 0.786 bits per heavy atom. The molecule has 1 atom stereocenters. The minimum atomic E-state index is -1.22. The van der Waals surface area contributed by atoms with Crippen LogP contribution in [0.4, 0.5) is 0 Å². The molecule has 1 aromatic heterocycles. The normalized spacial score (nSPS) is 16.1. The zero-order chi connectivity index (χ0) is 28.7. The van der Waals surface area contributed by atoms with Crippen LogP contribution in [0.25, 0.3) is 0 Å². The molecule has 42 heavy (non-hydrogen) atoms. The van der Waals surface area contributed by atoms with Crippen molar-refractivity contribution in [3.63, 3.8) is 0 Å². The second-order valence-electron chi connectivity index (χ2n) is 9.46. The molecule has 0 fully saturated rings. The Hall–Kier alpha value is -4.73. The molecule has 0 N–H and O–H groups in total. The van der Waals surface area contributed by atoms with Gasteiger partial charge in [0.15, 0.2) is 5.60 Å². The van der Waals surface area contributed by atoms with Gasteiger partial charge in [-0.1, -0.05) is 47.2 Å². The van der Waals surface area contributed by atoms with Crippen LogP contribution >= 0.6 is 21.6 Å². The van der Waals surface area contributed by atoms with Gasteiger partial charge < -0.3 is 18.9 Å². The monoisotopic (exact) mass is 591 g/mol. The molecule has 9 heteroatoms. The van der Waals surface area contributed by atoms with Crippen LogP contribution in [-0.4, -0.2) is 24.0 Å². The molecule has 7 rings (SSSR count). The van der Waals surface area contributed by atoms with Gasteiger partial charge in [-0.2, -0.15) is 0 Å². The van der Waals surface area contributed by atoms with E-state index < -0.39 is 17.5 Å². The Morgan fingerprint density at radius 2 is 1.50 bits per heavy atom. The molecule has 0 aliphatic carbocycles. The number of hydrogen-bond acceptors (Lipinski definition) is 9. The fourth-order valence-electron chi connectivity index (χ4n) is 5.18. The first kappa shape index (κ1) is 26.2. The van der Waals surface area contributed by atoms with Gasteiger partial charge in [0.1, 0.15) is 28.0 Å². The predicted molar refractivity (Wildman–Crippen MR) is 159 cm³/mol. The summed E-state index contributed by atoms with van der Waals surface area (Å²) in [4.78, 5) is 31.5. The lowest BCUT2D eigenvalue weighted by molar-refractivity contribution is 0.0224. The average Bonchev–Trinajstić information content (AvgIpc) is 3.32. The fraction of sp³-hybridized carbons (Fsp3) is 0.0606. The first-order valence-electron chi connectivity index (χ1n) is 13.0. The van der Waals surface area contributed by atoms with Gasteiger partial charge in [0.2, 0.25) is 0 Å². The van der Waals surface area contributed by atoms with Crippen LogP contribution in [0.5, 0.6) is 23.0 Å². The van der Waals surface area contributed by atoms with Crippen LogP contribution in [0, 0.1) is 0 Å². The lowest BCUT2D eigenvalue weighted by Gasteiger charge is -2.36. The molecule has 0 saturated heterocycles. The van der Waals surface area contributed by atoms with Gasteiger partial charge in [0.05, 0.1) is 18.2 Å². The van der Waals surface area contributed by atoms with Crippen molar-refractivity contribution in [1.82, 2.24) is 4.98 Å². The molecule has 0 bridgehead atoms. The number of pyridine rings is 1. The van der Waals surface area contributed by atoms with E-state index in [2.05, 4.69) is 4.98 Å². The first-order valence-corrected chi connectivity index (χ1v) is 15.1. The molecular weight excluding hydrogens is 570 g/mol. The molecule has 1 spiro atoms. The van der Waals surface area contributed by atoms with Crippen LogP contribution in [0.3, 0.4) is 0 Å². The van der Waals surface area contributed by atoms with Gasteiger partial charge in [-0.25, -0.2) is 14.6 Å². The fourth-order valence-corrected chi connectivity index (χ4v) is 7.23. The number of carbonyl (C=O) groups excluding carboxylic acids is 2. The van der Waals surface area contributed by atoms with Gasteiger partial charge in [0.25, 0.3) is 0 Å². The number of ether oxygens (including phenoxy) is 4. The number of rotatable bonds is 6. The predicted octanol–water partition coefficient (Wildman–Crippen LogP) is 7.68. The Morgan fingerprint density at radius 3 is 2.29 bits per heavy atom. The smallest absolute Gasteiger partial charge is 0.344 e. The van der Waals surface area contributed by atoms with Crippen molar-refractivity contribution in [2.45, 2.75) is 15.5 Å². The summed E-state index contributed by atoms with van der Waals surface area (Å²) in [5.74, 6) is 0.820. The van der Waals surface area contributed by atoms with E-state index in [9.17, 15) is 9.59 Å². The number of hydrogen-bond donors (Lipinski definition) is 0.